The van der Waals surface area contributed by atoms with Crippen molar-refractivity contribution in [3.8, 4) is 5.69 Å². The fraction of sp³-hybridized carbons (Fsp3) is 0.400. The predicted molar refractivity (Wildman–Crippen MR) is 104 cm³/mol. The summed E-state index contributed by atoms with van der Waals surface area (Å²) < 4.78 is 39.8. The van der Waals surface area contributed by atoms with Gasteiger partial charge in [-0.2, -0.15) is 13.2 Å². The number of hydrogen-bond donors (Lipinski definition) is 0. The van der Waals surface area contributed by atoms with Gasteiger partial charge in [0.05, 0.1) is 17.9 Å². The molecule has 1 fully saturated rings. The fourth-order valence-electron chi connectivity index (χ4n) is 3.84. The van der Waals surface area contributed by atoms with E-state index in [1.807, 2.05) is 24.3 Å². The zero-order chi connectivity index (χ0) is 21.5. The number of piperazine rings is 1. The van der Waals surface area contributed by atoms with Crippen molar-refractivity contribution in [1.82, 2.24) is 29.8 Å². The number of amides is 1. The number of hydrogen-bond acceptors (Lipinski definition) is 5. The smallest absolute Gasteiger partial charge is 0.334 e. The van der Waals surface area contributed by atoms with E-state index in [0.29, 0.717) is 5.69 Å². The minimum Gasteiger partial charge on any atom is -0.334 e. The molecule has 1 saturated heterocycles. The first kappa shape index (κ1) is 20.3. The molecule has 0 spiro atoms. The largest absolute Gasteiger partial charge is 0.401 e. The van der Waals surface area contributed by atoms with Gasteiger partial charge >= 0.3 is 6.18 Å². The van der Waals surface area contributed by atoms with Crippen molar-refractivity contribution in [3.05, 3.63) is 48.0 Å². The molecule has 0 radical (unpaired) electrons. The molecule has 0 saturated carbocycles. The molecule has 0 aliphatic carbocycles. The average Bonchev–Trinajstić information content (AvgIpc) is 3.08. The van der Waals surface area contributed by atoms with Gasteiger partial charge in [0.25, 0.3) is 5.91 Å². The zero-order valence-corrected chi connectivity index (χ0v) is 16.6. The standard InChI is InChI=1S/C20H21F3N6O/c1-13-11-27(8-9-28(13)12-20(21,22)23)19(30)18-14(2)29(26-25-18)17-5-3-4-15-10-24-7-6-16(15)17/h3-7,10,13H,8-9,11-12H2,1-2H3. The van der Waals surface area contributed by atoms with Gasteiger partial charge in [0, 0.05) is 48.8 Å². The quantitative estimate of drug-likeness (QED) is 0.655. The van der Waals surface area contributed by atoms with Gasteiger partial charge in [-0.3, -0.25) is 14.7 Å². The summed E-state index contributed by atoms with van der Waals surface area (Å²) in [5, 5.41) is 10.1. The van der Waals surface area contributed by atoms with E-state index >= 15 is 0 Å². The first-order valence-corrected chi connectivity index (χ1v) is 9.60. The second-order valence-corrected chi connectivity index (χ2v) is 7.50. The molecule has 1 unspecified atom stereocenters. The van der Waals surface area contributed by atoms with Crippen LogP contribution in [0.3, 0.4) is 0 Å². The van der Waals surface area contributed by atoms with Gasteiger partial charge in [-0.1, -0.05) is 17.3 Å². The third-order valence-corrected chi connectivity index (χ3v) is 5.42. The molecular weight excluding hydrogens is 397 g/mol. The maximum Gasteiger partial charge on any atom is 0.401 e. The summed E-state index contributed by atoms with van der Waals surface area (Å²) in [4.78, 5) is 20.0. The van der Waals surface area contributed by atoms with Gasteiger partial charge in [-0.25, -0.2) is 4.68 Å². The van der Waals surface area contributed by atoms with E-state index in [4.69, 9.17) is 0 Å². The third kappa shape index (κ3) is 3.87. The molecule has 3 aromatic rings. The Bertz CT molecular complexity index is 1070. The molecule has 1 amide bonds. The third-order valence-electron chi connectivity index (χ3n) is 5.42. The lowest BCUT2D eigenvalue weighted by molar-refractivity contribution is -0.153. The molecule has 1 aromatic carbocycles. The Morgan fingerprint density at radius 2 is 2.03 bits per heavy atom. The lowest BCUT2D eigenvalue weighted by Crippen LogP contribution is -2.55. The Hall–Kier alpha value is -3.01. The molecule has 0 bridgehead atoms. The van der Waals surface area contributed by atoms with Crippen LogP contribution in [-0.2, 0) is 0 Å². The van der Waals surface area contributed by atoms with Crippen molar-refractivity contribution >= 4 is 16.7 Å². The number of carbonyl (C=O) groups is 1. The van der Waals surface area contributed by atoms with Crippen LogP contribution in [0.15, 0.2) is 36.7 Å². The predicted octanol–water partition coefficient (Wildman–Crippen LogP) is 2.83. The van der Waals surface area contributed by atoms with Gasteiger partial charge in [-0.05, 0) is 26.0 Å². The number of aromatic nitrogens is 4. The van der Waals surface area contributed by atoms with E-state index in [-0.39, 0.29) is 31.2 Å². The minimum atomic E-state index is -4.26. The summed E-state index contributed by atoms with van der Waals surface area (Å²) in [5.74, 6) is -0.320. The van der Waals surface area contributed by atoms with Crippen LogP contribution in [0.4, 0.5) is 13.2 Å². The fourth-order valence-corrected chi connectivity index (χ4v) is 3.84. The van der Waals surface area contributed by atoms with Crippen LogP contribution in [0.5, 0.6) is 0 Å². The van der Waals surface area contributed by atoms with E-state index in [1.54, 1.807) is 35.8 Å². The number of halogens is 3. The van der Waals surface area contributed by atoms with Crippen molar-refractivity contribution in [2.75, 3.05) is 26.2 Å². The number of carbonyl (C=O) groups excluding carboxylic acids is 1. The highest BCUT2D eigenvalue weighted by atomic mass is 19.4. The number of fused-ring (bicyclic) bond motifs is 1. The Balaban J connectivity index is 1.56. The Morgan fingerprint density at radius 3 is 2.77 bits per heavy atom. The number of pyridine rings is 1. The molecular formula is C20H21F3N6O. The Labute approximate surface area is 171 Å². The molecule has 3 heterocycles. The van der Waals surface area contributed by atoms with E-state index in [2.05, 4.69) is 15.3 Å². The number of nitrogens with zero attached hydrogens (tertiary/aromatic N) is 6. The molecule has 158 valence electrons. The first-order valence-electron chi connectivity index (χ1n) is 9.60. The van der Waals surface area contributed by atoms with Crippen LogP contribution < -0.4 is 0 Å². The van der Waals surface area contributed by atoms with Crippen molar-refractivity contribution in [2.24, 2.45) is 0 Å². The Morgan fingerprint density at radius 1 is 1.23 bits per heavy atom. The lowest BCUT2D eigenvalue weighted by Gasteiger charge is -2.39. The summed E-state index contributed by atoms with van der Waals surface area (Å²) >= 11 is 0. The van der Waals surface area contributed by atoms with Crippen LogP contribution >= 0.6 is 0 Å². The molecule has 1 aliphatic heterocycles. The monoisotopic (exact) mass is 418 g/mol. The SMILES string of the molecule is Cc1c(C(=O)N2CCN(CC(F)(F)F)C(C)C2)nnn1-c1cccc2cnccc12. The molecule has 2 aromatic heterocycles. The summed E-state index contributed by atoms with van der Waals surface area (Å²) in [5.41, 5.74) is 1.56. The lowest BCUT2D eigenvalue weighted by atomic mass is 10.1. The Kier molecular flexibility index (Phi) is 5.19. The average molecular weight is 418 g/mol. The van der Waals surface area contributed by atoms with Crippen molar-refractivity contribution in [3.63, 3.8) is 0 Å². The van der Waals surface area contributed by atoms with Crippen LogP contribution in [0.1, 0.15) is 23.1 Å². The van der Waals surface area contributed by atoms with Crippen LogP contribution in [0.25, 0.3) is 16.5 Å². The molecule has 0 N–H and O–H groups in total. The zero-order valence-electron chi connectivity index (χ0n) is 16.6. The van der Waals surface area contributed by atoms with E-state index in [0.717, 1.165) is 16.5 Å². The van der Waals surface area contributed by atoms with E-state index in [9.17, 15) is 18.0 Å². The molecule has 10 heteroatoms. The second kappa shape index (κ2) is 7.67. The summed E-state index contributed by atoms with van der Waals surface area (Å²) in [6, 6.07) is 7.17. The normalized spacial score (nSPS) is 18.2. The molecule has 1 atom stereocenters. The highest BCUT2D eigenvalue weighted by molar-refractivity contribution is 5.94. The second-order valence-electron chi connectivity index (χ2n) is 7.50. The summed E-state index contributed by atoms with van der Waals surface area (Å²) in [6.07, 6.45) is -0.821. The van der Waals surface area contributed by atoms with E-state index in [1.165, 1.54) is 4.90 Å². The maximum atomic E-state index is 13.0. The molecule has 7 nitrogen and oxygen atoms in total. The van der Waals surface area contributed by atoms with Gasteiger partial charge < -0.3 is 4.90 Å². The highest BCUT2D eigenvalue weighted by Gasteiger charge is 2.36. The minimum absolute atomic E-state index is 0.163. The van der Waals surface area contributed by atoms with Gasteiger partial charge in [0.1, 0.15) is 0 Å². The van der Waals surface area contributed by atoms with Crippen molar-refractivity contribution < 1.29 is 18.0 Å². The summed E-state index contributed by atoms with van der Waals surface area (Å²) in [7, 11) is 0. The van der Waals surface area contributed by atoms with Gasteiger partial charge in [0.15, 0.2) is 5.69 Å². The highest BCUT2D eigenvalue weighted by Crippen LogP contribution is 2.24. The van der Waals surface area contributed by atoms with Gasteiger partial charge in [0.2, 0.25) is 0 Å². The summed E-state index contributed by atoms with van der Waals surface area (Å²) in [6.45, 7) is 3.07. The number of rotatable bonds is 3. The topological polar surface area (TPSA) is 67.2 Å². The maximum absolute atomic E-state index is 13.0. The molecule has 4 rings (SSSR count). The first-order chi connectivity index (χ1) is 14.2. The van der Waals surface area contributed by atoms with E-state index < -0.39 is 18.8 Å². The molecule has 1 aliphatic rings. The van der Waals surface area contributed by atoms with Crippen molar-refractivity contribution in [1.29, 1.82) is 0 Å². The van der Waals surface area contributed by atoms with Crippen LogP contribution in [0.2, 0.25) is 0 Å². The molecule has 30 heavy (non-hydrogen) atoms. The van der Waals surface area contributed by atoms with Crippen LogP contribution in [0, 0.1) is 6.92 Å². The van der Waals surface area contributed by atoms with Crippen LogP contribution in [-0.4, -0.2) is 74.1 Å². The number of benzene rings is 1. The number of alkyl halides is 3. The van der Waals surface area contributed by atoms with Gasteiger partial charge in [-0.15, -0.1) is 5.10 Å². The van der Waals surface area contributed by atoms with Crippen molar-refractivity contribution in [2.45, 2.75) is 26.1 Å².